The molecule has 0 unspecified atom stereocenters. The molecule has 0 aliphatic carbocycles. The normalized spacial score (nSPS) is 14.1. The summed E-state index contributed by atoms with van der Waals surface area (Å²) in [6.07, 6.45) is 2.26. The number of para-hydroxylation sites is 1. The van der Waals surface area contributed by atoms with E-state index in [1.54, 1.807) is 0 Å². The van der Waals surface area contributed by atoms with Crippen molar-refractivity contribution >= 4 is 31.3 Å². The molecule has 1 nitrogen and oxygen atoms in total. The third-order valence-electron chi connectivity index (χ3n) is 2.66. The fourth-order valence-corrected chi connectivity index (χ4v) is 3.85. The third kappa shape index (κ3) is 1.82. The maximum absolute atomic E-state index is 2.35. The van der Waals surface area contributed by atoms with E-state index in [1.165, 1.54) is 15.7 Å². The van der Waals surface area contributed by atoms with Gasteiger partial charge in [0.15, 0.2) is 0 Å². The number of hydrogen-bond acceptors (Lipinski definition) is 0. The maximum atomic E-state index is 2.35. The summed E-state index contributed by atoms with van der Waals surface area (Å²) >= 11 is 0.557. The van der Waals surface area contributed by atoms with Gasteiger partial charge in [-0.2, -0.15) is 0 Å². The number of hydrogen-bond donors (Lipinski definition) is 0. The summed E-state index contributed by atoms with van der Waals surface area (Å²) < 4.78 is 3.87. The van der Waals surface area contributed by atoms with E-state index < -0.39 is 0 Å². The van der Waals surface area contributed by atoms with Crippen molar-refractivity contribution < 1.29 is 4.58 Å². The van der Waals surface area contributed by atoms with Crippen molar-refractivity contribution in [2.75, 3.05) is 5.44 Å². The molecule has 2 aromatic carbocycles. The first kappa shape index (κ1) is 9.83. The average molecular weight is 273 g/mol. The van der Waals surface area contributed by atoms with Crippen molar-refractivity contribution in [2.24, 2.45) is 0 Å². The summed E-state index contributed by atoms with van der Waals surface area (Å²) in [5.41, 5.74) is 3.80. The van der Waals surface area contributed by atoms with Gasteiger partial charge < -0.3 is 0 Å². The minimum absolute atomic E-state index is 0.557. The topological polar surface area (TPSA) is 3.01 Å². The Labute approximate surface area is 102 Å². The summed E-state index contributed by atoms with van der Waals surface area (Å²) in [6.45, 7) is 0. The first-order chi connectivity index (χ1) is 7.93. The summed E-state index contributed by atoms with van der Waals surface area (Å²) in [7, 11) is 0. The molecule has 2 aromatic rings. The Morgan fingerprint density at radius 1 is 0.875 bits per heavy atom. The van der Waals surface area contributed by atoms with E-state index in [1.807, 2.05) is 0 Å². The van der Waals surface area contributed by atoms with E-state index >= 15 is 0 Å². The zero-order valence-electron chi connectivity index (χ0n) is 8.84. The van der Waals surface area contributed by atoms with Crippen LogP contribution in [-0.4, -0.2) is 31.2 Å². The fraction of sp³-hybridized carbons (Fsp3) is 0.0714. The molecular weight excluding hydrogens is 261 g/mol. The second kappa shape index (κ2) is 4.25. The molecule has 78 valence electrons. The molecule has 3 rings (SSSR count). The summed E-state index contributed by atoms with van der Waals surface area (Å²) in [6, 6.07) is 19.3. The van der Waals surface area contributed by atoms with Gasteiger partial charge in [0, 0.05) is 0 Å². The Morgan fingerprint density at radius 2 is 1.62 bits per heavy atom. The van der Waals surface area contributed by atoms with E-state index in [-0.39, 0.29) is 0 Å². The molecule has 0 amide bonds. The van der Waals surface area contributed by atoms with Gasteiger partial charge in [0.05, 0.1) is 0 Å². The molecule has 0 atom stereocenters. The molecule has 0 saturated carbocycles. The van der Waals surface area contributed by atoms with Crippen LogP contribution in [0.15, 0.2) is 54.6 Å². The van der Waals surface area contributed by atoms with Crippen LogP contribution in [0.2, 0.25) is 0 Å². The summed E-state index contributed by atoms with van der Waals surface area (Å²) in [5, 5.41) is 0. The number of fused-ring (bicyclic) bond motifs is 1. The second-order valence-electron chi connectivity index (χ2n) is 3.75. The van der Waals surface area contributed by atoms with Crippen molar-refractivity contribution in [2.45, 2.75) is 0 Å². The standard InChI is InChI=1S/C14H12NSe/c1-2-7-13(8-3-1)15-10-12-6-4-5-9-14(12)16-11-15/h1-10H,11H2/q+1. The van der Waals surface area contributed by atoms with Crippen LogP contribution in [0, 0.1) is 0 Å². The molecule has 0 bridgehead atoms. The van der Waals surface area contributed by atoms with Gasteiger partial charge in [0.2, 0.25) is 0 Å². The van der Waals surface area contributed by atoms with Crippen LogP contribution in [0.5, 0.6) is 0 Å². The molecular formula is C14H12NSe+. The van der Waals surface area contributed by atoms with Crippen molar-refractivity contribution in [3.05, 3.63) is 60.2 Å². The van der Waals surface area contributed by atoms with Gasteiger partial charge in [-0.1, -0.05) is 0 Å². The summed E-state index contributed by atoms with van der Waals surface area (Å²) in [4.78, 5) is 0. The van der Waals surface area contributed by atoms with Gasteiger partial charge in [-0.25, -0.2) is 0 Å². The Balaban J connectivity index is 2.04. The average Bonchev–Trinajstić information content (AvgIpc) is 2.39. The van der Waals surface area contributed by atoms with E-state index in [9.17, 15) is 0 Å². The zero-order valence-corrected chi connectivity index (χ0v) is 10.5. The second-order valence-corrected chi connectivity index (χ2v) is 5.82. The number of nitrogens with zero attached hydrogens (tertiary/aromatic N) is 1. The molecule has 2 heteroatoms. The Morgan fingerprint density at radius 3 is 2.50 bits per heavy atom. The molecule has 0 spiro atoms. The molecule has 0 radical (unpaired) electrons. The van der Waals surface area contributed by atoms with Crippen molar-refractivity contribution in [3.63, 3.8) is 0 Å². The quantitative estimate of drug-likeness (QED) is 0.550. The van der Waals surface area contributed by atoms with Crippen molar-refractivity contribution in [1.82, 2.24) is 0 Å². The predicted molar refractivity (Wildman–Crippen MR) is 68.2 cm³/mol. The van der Waals surface area contributed by atoms with Crippen molar-refractivity contribution in [1.29, 1.82) is 0 Å². The van der Waals surface area contributed by atoms with Crippen LogP contribution in [0.25, 0.3) is 0 Å². The molecule has 1 aliphatic rings. The molecule has 0 saturated heterocycles. The van der Waals surface area contributed by atoms with E-state index in [2.05, 4.69) is 65.4 Å². The van der Waals surface area contributed by atoms with Gasteiger partial charge in [-0.05, 0) is 0 Å². The molecule has 0 N–H and O–H groups in total. The fourth-order valence-electron chi connectivity index (χ4n) is 1.83. The van der Waals surface area contributed by atoms with Gasteiger partial charge in [0.25, 0.3) is 0 Å². The molecule has 1 aliphatic heterocycles. The SMILES string of the molecule is C1=[N+](c2ccccc2)C[Se]c2ccccc21. The third-order valence-corrected chi connectivity index (χ3v) is 4.95. The zero-order chi connectivity index (χ0) is 10.8. The van der Waals surface area contributed by atoms with Crippen LogP contribution in [0.3, 0.4) is 0 Å². The summed E-state index contributed by atoms with van der Waals surface area (Å²) in [5.74, 6) is 0. The Kier molecular flexibility index (Phi) is 2.61. The Hall–Kier alpha value is -1.37. The van der Waals surface area contributed by atoms with E-state index in [4.69, 9.17) is 0 Å². The first-order valence-electron chi connectivity index (χ1n) is 5.32. The molecule has 0 fully saturated rings. The van der Waals surface area contributed by atoms with Crippen LogP contribution in [0.1, 0.15) is 5.56 Å². The molecule has 0 aromatic heterocycles. The predicted octanol–water partition coefficient (Wildman–Crippen LogP) is 1.75. The molecule has 1 heterocycles. The van der Waals surface area contributed by atoms with Crippen LogP contribution in [-0.2, 0) is 0 Å². The molecule has 16 heavy (non-hydrogen) atoms. The monoisotopic (exact) mass is 274 g/mol. The number of benzene rings is 2. The first-order valence-corrected chi connectivity index (χ1v) is 7.39. The van der Waals surface area contributed by atoms with Gasteiger partial charge in [-0.3, -0.25) is 0 Å². The van der Waals surface area contributed by atoms with E-state index in [0.717, 1.165) is 5.44 Å². The van der Waals surface area contributed by atoms with E-state index in [0.29, 0.717) is 15.0 Å². The Bertz CT molecular complexity index is 531. The van der Waals surface area contributed by atoms with Gasteiger partial charge >= 0.3 is 102 Å². The van der Waals surface area contributed by atoms with Gasteiger partial charge in [0.1, 0.15) is 0 Å². The van der Waals surface area contributed by atoms with Crippen LogP contribution >= 0.6 is 0 Å². The van der Waals surface area contributed by atoms with Gasteiger partial charge in [-0.15, -0.1) is 0 Å². The van der Waals surface area contributed by atoms with Crippen LogP contribution < -0.4 is 4.46 Å². The van der Waals surface area contributed by atoms with Crippen LogP contribution in [0.4, 0.5) is 5.69 Å². The minimum atomic E-state index is 0.557. The van der Waals surface area contributed by atoms with Crippen molar-refractivity contribution in [3.8, 4) is 0 Å². The number of rotatable bonds is 1.